The Bertz CT molecular complexity index is 3140. The molecule has 1 aromatic heterocycles. The van der Waals surface area contributed by atoms with Crippen molar-refractivity contribution in [3.05, 3.63) is 82.6 Å². The monoisotopic (exact) mass is 857 g/mol. The molecule has 0 unspecified atom stereocenters. The van der Waals surface area contributed by atoms with Crippen molar-refractivity contribution in [1.29, 1.82) is 0 Å². The number of benzene rings is 5. The highest BCUT2D eigenvalue weighted by atomic mass is 35.5. The van der Waals surface area contributed by atoms with Gasteiger partial charge in [-0.2, -0.15) is 33.7 Å². The first-order valence-corrected chi connectivity index (χ1v) is 20.6. The molecule has 0 saturated heterocycles. The Labute approximate surface area is 312 Å². The van der Waals surface area contributed by atoms with Crippen molar-refractivity contribution >= 4 is 119 Å². The number of hydrogen-bond acceptors (Lipinski definition) is 14. The average molecular weight is 859 g/mol. The molecule has 6 N–H and O–H groups in total. The topological polar surface area (TPSA) is 317 Å². The summed E-state index contributed by atoms with van der Waals surface area (Å²) in [5, 5.41) is 18.8. The fraction of sp³-hybridized carbons (Fsp3) is 0. The molecule has 0 spiro atoms. The maximum Gasteiger partial charge on any atom is 0.297 e. The molecular weight excluding hydrogens is 842 g/mol. The van der Waals surface area contributed by atoms with Crippen LogP contribution in [0.3, 0.4) is 0 Å². The lowest BCUT2D eigenvalue weighted by Gasteiger charge is -2.15. The molecule has 6 aromatic rings. The number of halogens is 2. The predicted molar refractivity (Wildman–Crippen MR) is 191 cm³/mol. The summed E-state index contributed by atoms with van der Waals surface area (Å²) in [5.41, 5.74) is -2.27. The maximum atomic E-state index is 13.4. The Balaban J connectivity index is 1.58. The number of carbonyl (C=O) groups excluding carboxylic acids is 1. The summed E-state index contributed by atoms with van der Waals surface area (Å²) in [6, 6.07) is 10.6. The van der Waals surface area contributed by atoms with Crippen molar-refractivity contribution in [3.63, 3.8) is 0 Å². The van der Waals surface area contributed by atoms with Crippen LogP contribution in [-0.4, -0.2) is 72.9 Å². The van der Waals surface area contributed by atoms with Crippen LogP contribution in [0.25, 0.3) is 32.6 Å². The number of aromatic hydroxyl groups is 1. The molecule has 0 aliphatic rings. The van der Waals surface area contributed by atoms with E-state index in [0.717, 1.165) is 30.3 Å². The van der Waals surface area contributed by atoms with E-state index in [4.69, 9.17) is 23.2 Å². The lowest BCUT2D eigenvalue weighted by Crippen LogP contribution is -2.13. The van der Waals surface area contributed by atoms with Gasteiger partial charge in [0.25, 0.3) is 46.4 Å². The van der Waals surface area contributed by atoms with Crippen molar-refractivity contribution in [2.75, 3.05) is 5.32 Å². The highest BCUT2D eigenvalue weighted by Gasteiger charge is 2.28. The van der Waals surface area contributed by atoms with E-state index in [1.807, 2.05) is 0 Å². The second-order valence-corrected chi connectivity index (χ2v) is 17.2. The summed E-state index contributed by atoms with van der Waals surface area (Å²) in [6.45, 7) is 0. The fourth-order valence-corrected chi connectivity index (χ4v) is 8.32. The summed E-state index contributed by atoms with van der Waals surface area (Å²) in [5.74, 6) is -2.19. The third-order valence-corrected chi connectivity index (χ3v) is 11.7. The SMILES string of the molecule is O=C(Nc1cc(S(=O)(=O)O)cc2cc(S(=O)(=O)O)c(N=Nc3ccc4c(S(=O)(=O)O)cccc4c3S(=O)(=O)O)c(O)c12)c1ccc2nc(Cl)c(Cl)nc2c1. The van der Waals surface area contributed by atoms with Crippen molar-refractivity contribution in [1.82, 2.24) is 9.97 Å². The summed E-state index contributed by atoms with van der Waals surface area (Å²) in [6.07, 6.45) is 0. The van der Waals surface area contributed by atoms with Gasteiger partial charge in [0.15, 0.2) is 16.1 Å². The van der Waals surface area contributed by atoms with E-state index in [2.05, 4.69) is 25.5 Å². The van der Waals surface area contributed by atoms with Gasteiger partial charge in [-0.05, 0) is 53.9 Å². The van der Waals surface area contributed by atoms with Crippen molar-refractivity contribution < 1.29 is 61.8 Å². The van der Waals surface area contributed by atoms with Gasteiger partial charge in [0.2, 0.25) is 0 Å². The van der Waals surface area contributed by atoms with E-state index in [0.29, 0.717) is 18.2 Å². The van der Waals surface area contributed by atoms with Gasteiger partial charge in [-0.1, -0.05) is 41.4 Å². The van der Waals surface area contributed by atoms with Crippen LogP contribution in [0, 0.1) is 0 Å². The summed E-state index contributed by atoms with van der Waals surface area (Å²) < 4.78 is 138. The summed E-state index contributed by atoms with van der Waals surface area (Å²) in [7, 11) is -20.7. The minimum Gasteiger partial charge on any atom is -0.505 e. The van der Waals surface area contributed by atoms with Crippen LogP contribution in [0.1, 0.15) is 10.4 Å². The molecule has 0 aliphatic heterocycles. The van der Waals surface area contributed by atoms with Gasteiger partial charge in [-0.3, -0.25) is 23.0 Å². The van der Waals surface area contributed by atoms with Crippen molar-refractivity contribution in [3.8, 4) is 5.75 Å². The molecule has 0 radical (unpaired) electrons. The van der Waals surface area contributed by atoms with Gasteiger partial charge in [0.1, 0.15) is 26.1 Å². The van der Waals surface area contributed by atoms with Crippen LogP contribution in [-0.2, 0) is 40.5 Å². The van der Waals surface area contributed by atoms with Gasteiger partial charge in [-0.25, -0.2) is 9.97 Å². The third kappa shape index (κ3) is 7.41. The molecule has 0 bridgehead atoms. The quantitative estimate of drug-likeness (QED) is 0.0801. The van der Waals surface area contributed by atoms with Crippen LogP contribution in [0.15, 0.2) is 96.5 Å². The number of carbonyl (C=O) groups is 1. The minimum absolute atomic E-state index is 0.101. The molecule has 5 aromatic carbocycles. The van der Waals surface area contributed by atoms with Crippen molar-refractivity contribution in [2.24, 2.45) is 10.2 Å². The van der Waals surface area contributed by atoms with E-state index in [1.54, 1.807) is 0 Å². The van der Waals surface area contributed by atoms with E-state index in [-0.39, 0.29) is 32.3 Å². The van der Waals surface area contributed by atoms with E-state index in [1.165, 1.54) is 18.2 Å². The Hall–Kier alpha value is -4.95. The lowest BCUT2D eigenvalue weighted by molar-refractivity contribution is 0.102. The molecule has 1 heterocycles. The van der Waals surface area contributed by atoms with Gasteiger partial charge >= 0.3 is 0 Å². The average Bonchev–Trinajstić information content (AvgIpc) is 3.05. The van der Waals surface area contributed by atoms with Crippen LogP contribution in [0.4, 0.5) is 17.1 Å². The maximum absolute atomic E-state index is 13.4. The summed E-state index contributed by atoms with van der Waals surface area (Å²) in [4.78, 5) is 17.5. The Kier molecular flexibility index (Phi) is 9.63. The number of nitrogens with zero attached hydrogens (tertiary/aromatic N) is 4. The van der Waals surface area contributed by atoms with Gasteiger partial charge < -0.3 is 10.4 Å². The first-order chi connectivity index (χ1) is 24.9. The van der Waals surface area contributed by atoms with Gasteiger partial charge in [-0.15, -0.1) is 10.2 Å². The smallest absolute Gasteiger partial charge is 0.297 e. The zero-order chi connectivity index (χ0) is 39.7. The summed E-state index contributed by atoms with van der Waals surface area (Å²) >= 11 is 11.8. The number of aromatic nitrogens is 2. The molecule has 0 fully saturated rings. The van der Waals surface area contributed by atoms with Crippen molar-refractivity contribution in [2.45, 2.75) is 19.6 Å². The number of fused-ring (bicyclic) bond motifs is 3. The fourth-order valence-electron chi connectivity index (χ4n) is 5.32. The second-order valence-electron chi connectivity index (χ2n) is 11.0. The molecule has 1 amide bonds. The second kappa shape index (κ2) is 13.4. The zero-order valence-corrected chi connectivity index (χ0v) is 30.7. The van der Waals surface area contributed by atoms with E-state index in [9.17, 15) is 61.8 Å². The molecule has 25 heteroatoms. The number of phenolic OH excluding ortho intramolecular Hbond substituents is 1. The zero-order valence-electron chi connectivity index (χ0n) is 25.9. The molecule has 0 atom stereocenters. The number of amides is 1. The third-order valence-electron chi connectivity index (χ3n) is 7.54. The highest BCUT2D eigenvalue weighted by molar-refractivity contribution is 7.87. The highest BCUT2D eigenvalue weighted by Crippen LogP contribution is 2.46. The largest absolute Gasteiger partial charge is 0.505 e. The van der Waals surface area contributed by atoms with Gasteiger partial charge in [0.05, 0.1) is 21.6 Å². The van der Waals surface area contributed by atoms with Crippen LogP contribution >= 0.6 is 23.2 Å². The van der Waals surface area contributed by atoms with Crippen LogP contribution in [0.2, 0.25) is 10.3 Å². The molecular formula is C29H17Cl2N5O14S4. The number of rotatable bonds is 8. The molecule has 0 saturated carbocycles. The number of anilines is 1. The first-order valence-electron chi connectivity index (χ1n) is 14.1. The Morgan fingerprint density at radius 2 is 1.31 bits per heavy atom. The number of phenols is 1. The Morgan fingerprint density at radius 3 is 1.93 bits per heavy atom. The molecule has 19 nitrogen and oxygen atoms in total. The van der Waals surface area contributed by atoms with Crippen LogP contribution < -0.4 is 5.32 Å². The molecule has 54 heavy (non-hydrogen) atoms. The lowest BCUT2D eigenvalue weighted by atomic mass is 10.1. The number of nitrogens with one attached hydrogen (secondary N) is 1. The molecule has 280 valence electrons. The van der Waals surface area contributed by atoms with E-state index >= 15 is 0 Å². The predicted octanol–water partition coefficient (Wildman–Crippen LogP) is 5.60. The molecule has 6 rings (SSSR count). The Morgan fingerprint density at radius 1 is 0.667 bits per heavy atom. The number of azo groups is 1. The van der Waals surface area contributed by atoms with E-state index < -0.39 is 105 Å². The van der Waals surface area contributed by atoms with Crippen LogP contribution in [0.5, 0.6) is 5.75 Å². The number of hydrogen-bond donors (Lipinski definition) is 6. The normalized spacial score (nSPS) is 12.9. The standard InChI is InChI=1S/C29H17Cl2N5O14S4/c30-27-28(31)33-19-9-12(4-6-17(19)32-27)29(38)34-20-11-14(51(39,40)41)8-13-10-22(53(45,46)47)24(25(37)23(13)20)36-35-18-7-5-15-16(26(18)54(48,49)50)2-1-3-21(15)52(42,43)44/h1-11,37H,(H,34,38)(H,39,40,41)(H,42,43,44)(H,45,46,47)(H,48,49,50). The molecule has 0 aliphatic carbocycles. The minimum atomic E-state index is -5.41. The van der Waals surface area contributed by atoms with Gasteiger partial charge in [0, 0.05) is 21.7 Å². The first kappa shape index (κ1) is 38.8.